The van der Waals surface area contributed by atoms with Gasteiger partial charge in [-0.15, -0.1) is 10.2 Å². The van der Waals surface area contributed by atoms with Crippen LogP contribution in [0.4, 0.5) is 17.5 Å². The molecule has 2 aromatic heterocycles. The minimum absolute atomic E-state index is 0.0644. The second kappa shape index (κ2) is 10.0. The summed E-state index contributed by atoms with van der Waals surface area (Å²) in [4.78, 5) is 24.0. The number of carboxylic acid groups (broad SMARTS) is 1. The summed E-state index contributed by atoms with van der Waals surface area (Å²) in [5.74, 6) is 0.123. The van der Waals surface area contributed by atoms with Crippen molar-refractivity contribution >= 4 is 29.6 Å². The summed E-state index contributed by atoms with van der Waals surface area (Å²) in [5, 5.41) is 23.4. The first-order valence-corrected chi connectivity index (χ1v) is 9.38. The lowest BCUT2D eigenvalue weighted by atomic mass is 10.1. The van der Waals surface area contributed by atoms with Crippen LogP contribution in [-0.4, -0.2) is 58.2 Å². The monoisotopic (exact) mass is 438 g/mol. The average molecular weight is 438 g/mol. The molecule has 0 radical (unpaired) electrons. The van der Waals surface area contributed by atoms with Crippen molar-refractivity contribution in [1.82, 2.24) is 20.2 Å². The molecular formula is C20H22N8O4. The van der Waals surface area contributed by atoms with E-state index in [1.807, 2.05) is 0 Å². The Hall–Kier alpha value is -4.48. The molecule has 2 heterocycles. The van der Waals surface area contributed by atoms with Gasteiger partial charge in [-0.2, -0.15) is 4.98 Å². The number of methoxy groups -OCH3 is 1. The lowest BCUT2D eigenvalue weighted by Crippen LogP contribution is -2.13. The van der Waals surface area contributed by atoms with E-state index in [1.165, 1.54) is 19.5 Å². The van der Waals surface area contributed by atoms with Crippen LogP contribution >= 0.6 is 0 Å². The number of hydrogen-bond donors (Lipinski definition) is 4. The van der Waals surface area contributed by atoms with E-state index in [-0.39, 0.29) is 23.2 Å². The van der Waals surface area contributed by atoms with E-state index in [9.17, 15) is 9.90 Å². The van der Waals surface area contributed by atoms with Crippen LogP contribution < -0.4 is 21.1 Å². The van der Waals surface area contributed by atoms with Crippen LogP contribution in [0, 0.1) is 6.92 Å². The summed E-state index contributed by atoms with van der Waals surface area (Å²) >= 11 is 0. The number of aliphatic imine (C=N–C) groups is 1. The van der Waals surface area contributed by atoms with Crippen molar-refractivity contribution in [2.45, 2.75) is 6.92 Å². The van der Waals surface area contributed by atoms with Gasteiger partial charge in [-0.25, -0.2) is 9.78 Å². The van der Waals surface area contributed by atoms with Gasteiger partial charge in [0.05, 0.1) is 18.4 Å². The van der Waals surface area contributed by atoms with Crippen molar-refractivity contribution in [3.8, 4) is 17.2 Å². The third kappa shape index (κ3) is 4.98. The van der Waals surface area contributed by atoms with E-state index >= 15 is 0 Å². The molecule has 0 aliphatic carbocycles. The van der Waals surface area contributed by atoms with Crippen LogP contribution in [0.1, 0.15) is 16.2 Å². The molecule has 0 saturated heterocycles. The van der Waals surface area contributed by atoms with E-state index < -0.39 is 5.97 Å². The molecular weight excluding hydrogens is 416 g/mol. The summed E-state index contributed by atoms with van der Waals surface area (Å²) < 4.78 is 11.0. The minimum Gasteiger partial charge on any atom is -0.494 e. The predicted octanol–water partition coefficient (Wildman–Crippen LogP) is 2.24. The first kappa shape index (κ1) is 22.2. The van der Waals surface area contributed by atoms with E-state index in [0.717, 1.165) is 0 Å². The molecule has 0 aliphatic heterocycles. The number of aromatic nitrogens is 4. The van der Waals surface area contributed by atoms with Crippen LogP contribution in [0.15, 0.2) is 45.6 Å². The van der Waals surface area contributed by atoms with Crippen molar-refractivity contribution in [2.75, 3.05) is 31.3 Å². The fourth-order valence-electron chi connectivity index (χ4n) is 2.77. The third-order valence-electron chi connectivity index (χ3n) is 4.21. The maximum absolute atomic E-state index is 11.7. The van der Waals surface area contributed by atoms with Crippen LogP contribution in [0.5, 0.6) is 5.75 Å². The second-order valence-corrected chi connectivity index (χ2v) is 6.38. The quantitative estimate of drug-likeness (QED) is 0.361. The molecule has 12 heteroatoms. The number of aryl methyl sites for hydroxylation is 1. The molecule has 0 unspecified atom stereocenters. The molecule has 0 saturated carbocycles. The lowest BCUT2D eigenvalue weighted by Gasteiger charge is -2.15. The highest BCUT2D eigenvalue weighted by atomic mass is 16.5. The summed E-state index contributed by atoms with van der Waals surface area (Å²) in [6, 6.07) is 5.19. The lowest BCUT2D eigenvalue weighted by molar-refractivity contribution is 0.0697. The van der Waals surface area contributed by atoms with Gasteiger partial charge in [-0.3, -0.25) is 4.99 Å². The molecule has 12 nitrogen and oxygen atoms in total. The number of nitrogens with zero attached hydrogens (tertiary/aromatic N) is 5. The summed E-state index contributed by atoms with van der Waals surface area (Å²) in [5.41, 5.74) is 7.13. The molecule has 5 N–H and O–H groups in total. The number of anilines is 3. The molecule has 3 aromatic rings. The van der Waals surface area contributed by atoms with Crippen molar-refractivity contribution in [3.05, 3.63) is 47.6 Å². The Bertz CT molecular complexity index is 1170. The SMILES string of the molecule is CN=C/C(=C\N)CNc1ncc(C(=O)O)c(Nc2cccc(-c3nnc(C)o3)c2OC)n1. The number of carboxylic acids is 1. The number of rotatable bonds is 9. The highest BCUT2D eigenvalue weighted by Gasteiger charge is 2.19. The normalized spacial score (nSPS) is 11.5. The third-order valence-corrected chi connectivity index (χ3v) is 4.21. The fourth-order valence-corrected chi connectivity index (χ4v) is 2.77. The number of nitrogens with two attached hydrogens (primary N) is 1. The van der Waals surface area contributed by atoms with Gasteiger partial charge in [-0.05, 0) is 12.1 Å². The molecule has 0 fully saturated rings. The summed E-state index contributed by atoms with van der Waals surface area (Å²) in [7, 11) is 3.11. The Balaban J connectivity index is 1.96. The van der Waals surface area contributed by atoms with Crippen LogP contribution in [0.25, 0.3) is 11.5 Å². The molecule has 0 bridgehead atoms. The Morgan fingerprint density at radius 1 is 1.38 bits per heavy atom. The summed E-state index contributed by atoms with van der Waals surface area (Å²) in [6.07, 6.45) is 4.20. The van der Waals surface area contributed by atoms with E-state index in [4.69, 9.17) is 14.9 Å². The topological polar surface area (TPSA) is 174 Å². The molecule has 1 aromatic carbocycles. The Morgan fingerprint density at radius 2 is 2.19 bits per heavy atom. The van der Waals surface area contributed by atoms with Gasteiger partial charge >= 0.3 is 5.97 Å². The van der Waals surface area contributed by atoms with Crippen LogP contribution in [0.3, 0.4) is 0 Å². The Labute approximate surface area is 183 Å². The maximum Gasteiger partial charge on any atom is 0.341 e. The Kier molecular flexibility index (Phi) is 6.95. The van der Waals surface area contributed by atoms with Gasteiger partial charge in [0, 0.05) is 44.7 Å². The zero-order valence-electron chi connectivity index (χ0n) is 17.7. The van der Waals surface area contributed by atoms with Crippen molar-refractivity contribution in [3.63, 3.8) is 0 Å². The predicted molar refractivity (Wildman–Crippen MR) is 118 cm³/mol. The second-order valence-electron chi connectivity index (χ2n) is 6.38. The largest absolute Gasteiger partial charge is 0.494 e. The number of para-hydroxylation sites is 1. The van der Waals surface area contributed by atoms with Gasteiger partial charge in [-0.1, -0.05) is 6.07 Å². The van der Waals surface area contributed by atoms with Crippen LogP contribution in [0.2, 0.25) is 0 Å². The first-order chi connectivity index (χ1) is 15.5. The highest BCUT2D eigenvalue weighted by Crippen LogP contribution is 2.37. The highest BCUT2D eigenvalue weighted by molar-refractivity contribution is 5.94. The van der Waals surface area contributed by atoms with Crippen molar-refractivity contribution in [2.24, 2.45) is 10.7 Å². The number of aromatic carboxylic acids is 1. The molecule has 0 spiro atoms. The molecule has 0 amide bonds. The zero-order chi connectivity index (χ0) is 23.1. The van der Waals surface area contributed by atoms with Gasteiger partial charge < -0.3 is 30.6 Å². The minimum atomic E-state index is -1.19. The van der Waals surface area contributed by atoms with Crippen LogP contribution in [-0.2, 0) is 0 Å². The van der Waals surface area contributed by atoms with E-state index in [1.54, 1.807) is 38.4 Å². The number of carbonyl (C=O) groups is 1. The van der Waals surface area contributed by atoms with Gasteiger partial charge in [0.1, 0.15) is 5.56 Å². The first-order valence-electron chi connectivity index (χ1n) is 9.38. The van der Waals surface area contributed by atoms with Gasteiger partial charge in [0.25, 0.3) is 5.89 Å². The van der Waals surface area contributed by atoms with E-state index in [0.29, 0.717) is 35.0 Å². The maximum atomic E-state index is 11.7. The summed E-state index contributed by atoms with van der Waals surface area (Å²) in [6.45, 7) is 1.98. The zero-order valence-corrected chi connectivity index (χ0v) is 17.7. The Morgan fingerprint density at radius 3 is 2.81 bits per heavy atom. The molecule has 0 aliphatic rings. The smallest absolute Gasteiger partial charge is 0.341 e. The van der Waals surface area contributed by atoms with Crippen molar-refractivity contribution < 1.29 is 19.1 Å². The molecule has 32 heavy (non-hydrogen) atoms. The molecule has 0 atom stereocenters. The number of hydrogen-bond acceptors (Lipinski definition) is 11. The van der Waals surface area contributed by atoms with Crippen molar-refractivity contribution in [1.29, 1.82) is 0 Å². The van der Waals surface area contributed by atoms with E-state index in [2.05, 4.69) is 35.8 Å². The fraction of sp³-hybridized carbons (Fsp3) is 0.200. The average Bonchev–Trinajstić information content (AvgIpc) is 3.22. The standard InChI is InChI=1S/C20H22N8O4/c1-11-27-28-18(32-11)13-5-4-6-15(16(13)31-3)25-17-14(19(29)30)10-24-20(26-17)23-9-12(7-21)8-22-2/h4-8,10H,9,21H2,1-3H3,(H,29,30)(H2,23,24,25,26)/b12-7+,22-8?. The molecule has 3 rings (SSSR count). The molecule has 166 valence electrons. The number of benzene rings is 1. The number of nitrogens with one attached hydrogen (secondary N) is 2. The van der Waals surface area contributed by atoms with Gasteiger partial charge in [0.15, 0.2) is 11.6 Å². The number of ether oxygens (including phenoxy) is 1. The van der Waals surface area contributed by atoms with Gasteiger partial charge in [0.2, 0.25) is 11.8 Å².